The smallest absolute Gasteiger partial charge is 0.277 e. The van der Waals surface area contributed by atoms with Gasteiger partial charge in [-0.2, -0.15) is 0 Å². The first-order valence-electron chi connectivity index (χ1n) is 13.0. The average molecular weight is 504 g/mol. The minimum atomic E-state index is -3.09. The van der Waals surface area contributed by atoms with E-state index in [2.05, 4.69) is 61.0 Å². The number of alkyl halides is 2. The number of nitrogens with zero attached hydrogens (tertiary/aromatic N) is 4. The van der Waals surface area contributed by atoms with Gasteiger partial charge in [-0.3, -0.25) is 0 Å². The molecule has 2 unspecified atom stereocenters. The van der Waals surface area contributed by atoms with Gasteiger partial charge in [-0.15, -0.1) is 0 Å². The van der Waals surface area contributed by atoms with Crippen LogP contribution in [0.3, 0.4) is 0 Å². The first kappa shape index (κ1) is 25.2. The summed E-state index contributed by atoms with van der Waals surface area (Å²) in [6, 6.07) is 8.67. The van der Waals surface area contributed by atoms with Crippen molar-refractivity contribution >= 4 is 40.0 Å². The Balaban J connectivity index is 1.78. The predicted molar refractivity (Wildman–Crippen MR) is 150 cm³/mol. The van der Waals surface area contributed by atoms with Crippen LogP contribution < -0.4 is 15.1 Å². The first-order valence-corrected chi connectivity index (χ1v) is 13.0. The molecule has 37 heavy (non-hydrogen) atoms. The van der Waals surface area contributed by atoms with Crippen LogP contribution in [0.4, 0.5) is 31.8 Å². The van der Waals surface area contributed by atoms with Gasteiger partial charge in [0, 0.05) is 34.5 Å². The molecular formula is C30H35F2N5. The van der Waals surface area contributed by atoms with Crippen LogP contribution in [0.15, 0.2) is 55.5 Å². The molecule has 0 radical (unpaired) electrons. The molecule has 7 heteroatoms. The lowest BCUT2D eigenvalue weighted by molar-refractivity contribution is -0.0621. The van der Waals surface area contributed by atoms with E-state index in [0.29, 0.717) is 23.4 Å². The summed E-state index contributed by atoms with van der Waals surface area (Å²) >= 11 is 0. The lowest BCUT2D eigenvalue weighted by Crippen LogP contribution is -2.45. The third kappa shape index (κ3) is 4.05. The lowest BCUT2D eigenvalue weighted by atomic mass is 9.87. The summed E-state index contributed by atoms with van der Waals surface area (Å²) in [5.74, 6) is -2.18. The Kier molecular flexibility index (Phi) is 6.00. The second kappa shape index (κ2) is 8.82. The zero-order chi connectivity index (χ0) is 26.7. The van der Waals surface area contributed by atoms with Gasteiger partial charge in [0.1, 0.15) is 17.5 Å². The molecule has 0 saturated carbocycles. The number of benzene rings is 1. The standard InChI is InChI=1S/C30H35F2N5/c1-8-11-21-14-18(3)30(31,32)23-13-10-12-22-20(9-2)15-27(35-28(22)23)34-26-16-24-25(17-33-26)37(29(5,6)7)19(4)36(21)24/h9-10,12-13,15-18,21H,2,4,8,11,14H2,1,3,5-7H3,(H,33,34,35). The van der Waals surface area contributed by atoms with Crippen molar-refractivity contribution < 1.29 is 8.78 Å². The maximum absolute atomic E-state index is 16.3. The molecule has 2 aliphatic heterocycles. The molecule has 0 amide bonds. The summed E-state index contributed by atoms with van der Waals surface area (Å²) < 4.78 is 32.6. The molecule has 1 aromatic carbocycles. The van der Waals surface area contributed by atoms with Gasteiger partial charge < -0.3 is 15.1 Å². The summed E-state index contributed by atoms with van der Waals surface area (Å²) in [5.41, 5.74) is 2.56. The molecule has 2 aromatic heterocycles. The normalized spacial score (nSPS) is 20.9. The highest BCUT2D eigenvalue weighted by molar-refractivity contribution is 5.92. The maximum Gasteiger partial charge on any atom is 0.277 e. The predicted octanol–water partition coefficient (Wildman–Crippen LogP) is 8.21. The van der Waals surface area contributed by atoms with E-state index in [0.717, 1.165) is 35.6 Å². The highest BCUT2D eigenvalue weighted by Crippen LogP contribution is 2.50. The van der Waals surface area contributed by atoms with E-state index in [1.54, 1.807) is 19.1 Å². The van der Waals surface area contributed by atoms with Crippen molar-refractivity contribution in [1.82, 2.24) is 9.97 Å². The number of para-hydroxylation sites is 1. The molecule has 5 nitrogen and oxygen atoms in total. The van der Waals surface area contributed by atoms with Gasteiger partial charge in [-0.05, 0) is 45.2 Å². The Bertz CT molecular complexity index is 1390. The Hall–Kier alpha value is -3.48. The molecule has 0 fully saturated rings. The van der Waals surface area contributed by atoms with Gasteiger partial charge in [0.25, 0.3) is 5.92 Å². The zero-order valence-electron chi connectivity index (χ0n) is 22.3. The lowest BCUT2D eigenvalue weighted by Gasteiger charge is -2.39. The molecule has 2 aliphatic rings. The number of hydrogen-bond donors (Lipinski definition) is 1. The molecule has 5 rings (SSSR count). The van der Waals surface area contributed by atoms with E-state index in [-0.39, 0.29) is 22.7 Å². The quantitative estimate of drug-likeness (QED) is 0.390. The molecule has 1 N–H and O–H groups in total. The summed E-state index contributed by atoms with van der Waals surface area (Å²) in [5, 5.41) is 3.94. The number of rotatable bonds is 3. The molecule has 4 bridgehead atoms. The van der Waals surface area contributed by atoms with Crippen molar-refractivity contribution in [2.75, 3.05) is 15.1 Å². The number of aromatic nitrogens is 2. The minimum Gasteiger partial charge on any atom is -0.325 e. The topological polar surface area (TPSA) is 44.3 Å². The number of halogens is 2. The van der Waals surface area contributed by atoms with E-state index in [1.165, 1.54) is 6.07 Å². The second-order valence-corrected chi connectivity index (χ2v) is 11.2. The van der Waals surface area contributed by atoms with Gasteiger partial charge in [0.05, 0.1) is 23.1 Å². The van der Waals surface area contributed by atoms with Gasteiger partial charge in [-0.25, -0.2) is 18.7 Å². The zero-order valence-corrected chi connectivity index (χ0v) is 22.3. The Morgan fingerprint density at radius 2 is 1.95 bits per heavy atom. The fourth-order valence-corrected chi connectivity index (χ4v) is 5.83. The van der Waals surface area contributed by atoms with Crippen molar-refractivity contribution in [2.45, 2.75) is 71.4 Å². The van der Waals surface area contributed by atoms with Crippen LogP contribution in [-0.4, -0.2) is 21.5 Å². The van der Waals surface area contributed by atoms with E-state index >= 15 is 8.78 Å². The molecule has 0 aliphatic carbocycles. The first-order chi connectivity index (χ1) is 17.5. The van der Waals surface area contributed by atoms with Gasteiger partial charge >= 0.3 is 0 Å². The van der Waals surface area contributed by atoms with Crippen LogP contribution in [0.1, 0.15) is 65.0 Å². The number of nitrogens with one attached hydrogen (secondary N) is 1. The highest BCUT2D eigenvalue weighted by atomic mass is 19.3. The van der Waals surface area contributed by atoms with Crippen LogP contribution in [-0.2, 0) is 5.92 Å². The van der Waals surface area contributed by atoms with Crippen molar-refractivity contribution in [3.8, 4) is 0 Å². The third-order valence-electron chi connectivity index (χ3n) is 7.51. The van der Waals surface area contributed by atoms with Crippen LogP contribution >= 0.6 is 0 Å². The van der Waals surface area contributed by atoms with E-state index in [9.17, 15) is 0 Å². The van der Waals surface area contributed by atoms with E-state index in [1.807, 2.05) is 24.4 Å². The molecular weight excluding hydrogens is 468 g/mol. The Morgan fingerprint density at radius 1 is 1.19 bits per heavy atom. The van der Waals surface area contributed by atoms with Gasteiger partial charge in [-0.1, -0.05) is 57.7 Å². The average Bonchev–Trinajstić information content (AvgIpc) is 3.13. The largest absolute Gasteiger partial charge is 0.325 e. The Labute approximate surface area is 217 Å². The fraction of sp³-hybridized carbons (Fsp3) is 0.400. The Morgan fingerprint density at radius 3 is 2.62 bits per heavy atom. The summed E-state index contributed by atoms with van der Waals surface area (Å²) in [6.45, 7) is 18.5. The minimum absolute atomic E-state index is 0.0596. The molecule has 0 saturated heterocycles. The molecule has 2 atom stereocenters. The van der Waals surface area contributed by atoms with Crippen LogP contribution in [0.25, 0.3) is 17.0 Å². The third-order valence-corrected chi connectivity index (χ3v) is 7.51. The molecule has 4 heterocycles. The van der Waals surface area contributed by atoms with Crippen molar-refractivity contribution in [3.05, 3.63) is 66.6 Å². The molecule has 194 valence electrons. The fourth-order valence-electron chi connectivity index (χ4n) is 5.83. The van der Waals surface area contributed by atoms with Gasteiger partial charge in [0.15, 0.2) is 0 Å². The summed E-state index contributed by atoms with van der Waals surface area (Å²) in [7, 11) is 0. The monoisotopic (exact) mass is 503 g/mol. The van der Waals surface area contributed by atoms with Crippen molar-refractivity contribution in [1.29, 1.82) is 0 Å². The summed E-state index contributed by atoms with van der Waals surface area (Å²) in [6.07, 6.45) is 5.45. The maximum atomic E-state index is 16.3. The highest BCUT2D eigenvalue weighted by Gasteiger charge is 2.45. The molecule has 3 aromatic rings. The van der Waals surface area contributed by atoms with Crippen LogP contribution in [0.2, 0.25) is 0 Å². The number of anilines is 4. The van der Waals surface area contributed by atoms with Crippen LogP contribution in [0, 0.1) is 5.92 Å². The number of pyridine rings is 2. The SMILES string of the molecule is C=Cc1cc2nc3c(cccc13)C(F)(F)C(C)CC(CCC)N1C(=C)N(C(C)(C)C)c3cnc(cc31)N2. The molecule has 0 spiro atoms. The number of hydrogen-bond acceptors (Lipinski definition) is 5. The van der Waals surface area contributed by atoms with Crippen molar-refractivity contribution in [2.24, 2.45) is 5.92 Å². The van der Waals surface area contributed by atoms with Gasteiger partial charge in [0.2, 0.25) is 0 Å². The second-order valence-electron chi connectivity index (χ2n) is 11.2. The summed E-state index contributed by atoms with van der Waals surface area (Å²) in [4.78, 5) is 13.7. The van der Waals surface area contributed by atoms with Crippen LogP contribution in [0.5, 0.6) is 0 Å². The number of fused-ring (bicyclic) bond motifs is 2. The van der Waals surface area contributed by atoms with E-state index in [4.69, 9.17) is 4.98 Å². The van der Waals surface area contributed by atoms with E-state index < -0.39 is 11.8 Å². The van der Waals surface area contributed by atoms with Crippen molar-refractivity contribution in [3.63, 3.8) is 0 Å².